The molecule has 1 amide bonds. The predicted molar refractivity (Wildman–Crippen MR) is 119 cm³/mol. The van der Waals surface area contributed by atoms with Gasteiger partial charge >= 0.3 is 0 Å². The molecule has 1 aliphatic rings. The number of benzene rings is 2. The fraction of sp³-hybridized carbons (Fsp3) is 0.480. The molecule has 162 valence electrons. The summed E-state index contributed by atoms with van der Waals surface area (Å²) in [5.74, 6) is -0.560. The van der Waals surface area contributed by atoms with Crippen molar-refractivity contribution in [1.82, 2.24) is 4.90 Å². The van der Waals surface area contributed by atoms with Gasteiger partial charge in [0.05, 0.1) is 5.60 Å². The third-order valence-electron chi connectivity index (χ3n) is 5.88. The Morgan fingerprint density at radius 2 is 1.80 bits per heavy atom. The maximum atomic E-state index is 14.0. The van der Waals surface area contributed by atoms with E-state index in [1.807, 2.05) is 26.8 Å². The van der Waals surface area contributed by atoms with Crippen LogP contribution in [0.1, 0.15) is 51.2 Å². The first-order valence-corrected chi connectivity index (χ1v) is 10.8. The summed E-state index contributed by atoms with van der Waals surface area (Å²) in [4.78, 5) is 14.8. The quantitative estimate of drug-likeness (QED) is 0.721. The molecule has 0 bridgehead atoms. The van der Waals surface area contributed by atoms with Crippen molar-refractivity contribution in [1.29, 1.82) is 0 Å². The largest absolute Gasteiger partial charge is 0.385 e. The highest BCUT2D eigenvalue weighted by Crippen LogP contribution is 2.38. The van der Waals surface area contributed by atoms with Gasteiger partial charge in [-0.15, -0.1) is 0 Å². The molecule has 1 heterocycles. The van der Waals surface area contributed by atoms with Gasteiger partial charge in [-0.25, -0.2) is 4.39 Å². The van der Waals surface area contributed by atoms with Crippen molar-refractivity contribution in [2.45, 2.75) is 52.1 Å². The zero-order valence-corrected chi connectivity index (χ0v) is 18.2. The molecule has 2 aromatic rings. The van der Waals surface area contributed by atoms with Crippen molar-refractivity contribution in [3.63, 3.8) is 0 Å². The summed E-state index contributed by atoms with van der Waals surface area (Å²) < 4.78 is 14.0. The molecular formula is C25H33FN2O2. The minimum Gasteiger partial charge on any atom is -0.385 e. The highest BCUT2D eigenvalue weighted by Gasteiger charge is 2.36. The van der Waals surface area contributed by atoms with Crippen LogP contribution in [-0.2, 0) is 16.8 Å². The number of hydrogen-bond acceptors (Lipinski definition) is 3. The van der Waals surface area contributed by atoms with Crippen LogP contribution in [0.25, 0.3) is 0 Å². The molecule has 0 aromatic heterocycles. The zero-order valence-electron chi connectivity index (χ0n) is 18.2. The highest BCUT2D eigenvalue weighted by atomic mass is 19.1. The minimum atomic E-state index is -1.14. The molecule has 4 nitrogen and oxygen atoms in total. The van der Waals surface area contributed by atoms with Crippen LogP contribution in [0.2, 0.25) is 0 Å². The summed E-state index contributed by atoms with van der Waals surface area (Å²) in [6.45, 7) is 7.95. The smallest absolute Gasteiger partial charge is 0.229 e. The first kappa shape index (κ1) is 22.4. The summed E-state index contributed by atoms with van der Waals surface area (Å²) >= 11 is 0. The molecule has 2 N–H and O–H groups in total. The number of halogens is 1. The lowest BCUT2D eigenvalue weighted by Crippen LogP contribution is -2.43. The predicted octanol–water partition coefficient (Wildman–Crippen LogP) is 4.73. The van der Waals surface area contributed by atoms with Gasteiger partial charge in [-0.1, -0.05) is 51.1 Å². The molecule has 1 fully saturated rings. The van der Waals surface area contributed by atoms with Crippen molar-refractivity contribution in [3.05, 3.63) is 65.5 Å². The maximum Gasteiger partial charge on any atom is 0.229 e. The summed E-state index contributed by atoms with van der Waals surface area (Å²) in [5.41, 5.74) is 0.597. The number of likely N-dealkylation sites (tertiary alicyclic amines) is 1. The van der Waals surface area contributed by atoms with Gasteiger partial charge in [-0.05, 0) is 56.0 Å². The number of nitrogens with zero attached hydrogens (tertiary/aromatic N) is 1. The van der Waals surface area contributed by atoms with E-state index < -0.39 is 16.8 Å². The number of carbonyl (C=O) groups excluding carboxylic acids is 1. The second-order valence-electron chi connectivity index (χ2n) is 9.36. The molecule has 0 spiro atoms. The van der Waals surface area contributed by atoms with Gasteiger partial charge in [0, 0.05) is 29.8 Å². The number of anilines is 1. The van der Waals surface area contributed by atoms with Gasteiger partial charge < -0.3 is 15.3 Å². The molecule has 0 aliphatic carbocycles. The number of nitrogens with one attached hydrogen (secondary N) is 1. The van der Waals surface area contributed by atoms with Crippen LogP contribution < -0.4 is 5.32 Å². The number of hydrogen-bond donors (Lipinski definition) is 2. The molecule has 2 aromatic carbocycles. The van der Waals surface area contributed by atoms with E-state index in [1.165, 1.54) is 17.7 Å². The number of carbonyl (C=O) groups is 1. The number of rotatable bonds is 6. The van der Waals surface area contributed by atoms with Crippen LogP contribution in [0.15, 0.2) is 48.5 Å². The highest BCUT2D eigenvalue weighted by molar-refractivity contribution is 5.95. The zero-order chi connectivity index (χ0) is 21.8. The molecule has 0 radical (unpaired) electrons. The third kappa shape index (κ3) is 5.67. The first-order chi connectivity index (χ1) is 14.2. The van der Waals surface area contributed by atoms with E-state index in [2.05, 4.69) is 34.5 Å². The van der Waals surface area contributed by atoms with E-state index in [-0.39, 0.29) is 5.91 Å². The fourth-order valence-electron chi connectivity index (χ4n) is 3.89. The summed E-state index contributed by atoms with van der Waals surface area (Å²) in [6, 6.07) is 14.7. The van der Waals surface area contributed by atoms with Gasteiger partial charge in [0.25, 0.3) is 0 Å². The molecule has 0 unspecified atom stereocenters. The second-order valence-corrected chi connectivity index (χ2v) is 9.36. The van der Waals surface area contributed by atoms with Crippen LogP contribution in [-0.4, -0.2) is 35.5 Å². The molecule has 1 aliphatic heterocycles. The molecule has 30 heavy (non-hydrogen) atoms. The van der Waals surface area contributed by atoms with Crippen molar-refractivity contribution < 1.29 is 14.3 Å². The fourth-order valence-corrected chi connectivity index (χ4v) is 3.89. The lowest BCUT2D eigenvalue weighted by Gasteiger charge is -2.39. The Kier molecular flexibility index (Phi) is 6.94. The van der Waals surface area contributed by atoms with Crippen LogP contribution >= 0.6 is 0 Å². The van der Waals surface area contributed by atoms with Crippen molar-refractivity contribution >= 4 is 11.6 Å². The molecule has 0 saturated carbocycles. The van der Waals surface area contributed by atoms with E-state index in [9.17, 15) is 14.3 Å². The Bertz CT molecular complexity index is 853. The number of piperidine rings is 1. The first-order valence-electron chi connectivity index (χ1n) is 10.8. The van der Waals surface area contributed by atoms with Gasteiger partial charge in [-0.2, -0.15) is 0 Å². The van der Waals surface area contributed by atoms with Gasteiger partial charge in [-0.3, -0.25) is 4.79 Å². The molecule has 0 atom stereocenters. The second kappa shape index (κ2) is 9.27. The lowest BCUT2D eigenvalue weighted by molar-refractivity contribution is -0.123. The Morgan fingerprint density at radius 3 is 2.43 bits per heavy atom. The monoisotopic (exact) mass is 412 g/mol. The summed E-state index contributed by atoms with van der Waals surface area (Å²) in [7, 11) is 0. The van der Waals surface area contributed by atoms with E-state index in [0.29, 0.717) is 24.1 Å². The van der Waals surface area contributed by atoms with Crippen molar-refractivity contribution in [2.75, 3.05) is 25.0 Å². The Hall–Kier alpha value is -2.24. The summed E-state index contributed by atoms with van der Waals surface area (Å²) in [5, 5.41) is 14.2. The van der Waals surface area contributed by atoms with Crippen LogP contribution in [0.4, 0.5) is 10.1 Å². The third-order valence-corrected chi connectivity index (χ3v) is 5.88. The molecule has 3 rings (SSSR count). The van der Waals surface area contributed by atoms with Gasteiger partial charge in [0.1, 0.15) is 5.82 Å². The van der Waals surface area contributed by atoms with Crippen molar-refractivity contribution in [2.24, 2.45) is 5.41 Å². The van der Waals surface area contributed by atoms with Gasteiger partial charge in [0.2, 0.25) is 5.91 Å². The average Bonchev–Trinajstić information content (AvgIpc) is 2.71. The van der Waals surface area contributed by atoms with Crippen molar-refractivity contribution in [3.8, 4) is 0 Å². The Morgan fingerprint density at radius 1 is 1.13 bits per heavy atom. The minimum absolute atomic E-state index is 0.155. The Labute approximate surface area is 179 Å². The number of amides is 1. The van der Waals surface area contributed by atoms with Crippen LogP contribution in [0.5, 0.6) is 0 Å². The molecule has 5 heteroatoms. The average molecular weight is 413 g/mol. The molecule has 1 saturated heterocycles. The standard InChI is InChI=1S/C25H33FN2O2/c1-24(2,3)23(29)27-22-12-11-20(26)18-21(22)25(30)13-16-28(17-14-25)15-7-10-19-8-5-4-6-9-19/h4-6,8-9,11-12,18,30H,7,10,13-17H2,1-3H3,(H,27,29). The van der Waals surface area contributed by atoms with E-state index in [1.54, 1.807) is 6.07 Å². The lowest BCUT2D eigenvalue weighted by atomic mass is 9.83. The topological polar surface area (TPSA) is 52.6 Å². The normalized spacial score (nSPS) is 17.0. The van der Waals surface area contributed by atoms with E-state index in [0.717, 1.165) is 32.5 Å². The number of aryl methyl sites for hydroxylation is 1. The van der Waals surface area contributed by atoms with E-state index in [4.69, 9.17) is 0 Å². The maximum absolute atomic E-state index is 14.0. The van der Waals surface area contributed by atoms with Gasteiger partial charge in [0.15, 0.2) is 0 Å². The number of aliphatic hydroxyl groups is 1. The van der Waals surface area contributed by atoms with Crippen LogP contribution in [0, 0.1) is 11.2 Å². The van der Waals surface area contributed by atoms with Crippen LogP contribution in [0.3, 0.4) is 0 Å². The Balaban J connectivity index is 1.63. The SMILES string of the molecule is CC(C)(C)C(=O)Nc1ccc(F)cc1C1(O)CCN(CCCc2ccccc2)CC1. The molecular weight excluding hydrogens is 379 g/mol. The van der Waals surface area contributed by atoms with E-state index >= 15 is 0 Å². The summed E-state index contributed by atoms with van der Waals surface area (Å²) in [6.07, 6.45) is 3.13.